The lowest BCUT2D eigenvalue weighted by molar-refractivity contribution is -0.128. The topological polar surface area (TPSA) is 98.6 Å². The summed E-state index contributed by atoms with van der Waals surface area (Å²) in [6.07, 6.45) is 0. The second-order valence-corrected chi connectivity index (χ2v) is 10.0. The average Bonchev–Trinajstić information content (AvgIpc) is 3.30. The zero-order chi connectivity index (χ0) is 28.0. The van der Waals surface area contributed by atoms with Crippen LogP contribution in [-0.4, -0.2) is 45.6 Å². The van der Waals surface area contributed by atoms with Gasteiger partial charge in [-0.2, -0.15) is 0 Å². The van der Waals surface area contributed by atoms with E-state index in [9.17, 15) is 9.59 Å². The molecule has 0 aliphatic rings. The summed E-state index contributed by atoms with van der Waals surface area (Å²) in [4.78, 5) is 29.7. The fraction of sp³-hybridized carbons (Fsp3) is 0.333. The molecule has 9 heteroatoms. The summed E-state index contributed by atoms with van der Waals surface area (Å²) in [6, 6.07) is 20.9. The third-order valence-electron chi connectivity index (χ3n) is 5.91. The first-order valence-corrected chi connectivity index (χ1v) is 13.1. The number of carbonyl (C=O) groups is 2. The first kappa shape index (κ1) is 27.6. The van der Waals surface area contributed by atoms with Crippen molar-refractivity contribution in [3.8, 4) is 11.5 Å². The van der Waals surface area contributed by atoms with Crippen LogP contribution >= 0.6 is 0 Å². The molecule has 1 N–H and O–H groups in total. The normalized spacial score (nSPS) is 12.1. The Hall–Kier alpha value is -4.40. The van der Waals surface area contributed by atoms with Crippen LogP contribution in [0.5, 0.6) is 11.5 Å². The van der Waals surface area contributed by atoms with E-state index in [-0.39, 0.29) is 18.4 Å². The average molecular weight is 530 g/mol. The predicted octanol–water partition coefficient (Wildman–Crippen LogP) is 4.92. The van der Waals surface area contributed by atoms with E-state index in [1.54, 1.807) is 28.9 Å². The molecule has 3 aromatic carbocycles. The van der Waals surface area contributed by atoms with Crippen LogP contribution in [0.2, 0.25) is 0 Å². The van der Waals surface area contributed by atoms with Gasteiger partial charge in [-0.1, -0.05) is 41.6 Å². The van der Waals surface area contributed by atoms with E-state index in [0.717, 1.165) is 5.52 Å². The van der Waals surface area contributed by atoms with Gasteiger partial charge < -0.3 is 14.8 Å². The number of carbonyl (C=O) groups excluding carboxylic acids is 2. The van der Waals surface area contributed by atoms with Gasteiger partial charge in [0.2, 0.25) is 11.8 Å². The molecule has 0 spiro atoms. The van der Waals surface area contributed by atoms with E-state index >= 15 is 0 Å². The van der Waals surface area contributed by atoms with Gasteiger partial charge in [0.25, 0.3) is 0 Å². The van der Waals surface area contributed by atoms with Crippen LogP contribution in [0.25, 0.3) is 11.0 Å². The Morgan fingerprint density at radius 1 is 0.923 bits per heavy atom. The van der Waals surface area contributed by atoms with Crippen molar-refractivity contribution >= 4 is 28.5 Å². The van der Waals surface area contributed by atoms with Gasteiger partial charge >= 0.3 is 0 Å². The molecule has 1 heterocycles. The van der Waals surface area contributed by atoms with Crippen molar-refractivity contribution < 1.29 is 19.1 Å². The number of amides is 2. The molecule has 0 saturated carbocycles. The largest absolute Gasteiger partial charge is 0.494 e. The summed E-state index contributed by atoms with van der Waals surface area (Å²) in [7, 11) is 0. The Morgan fingerprint density at radius 3 is 2.28 bits per heavy atom. The molecule has 0 aliphatic carbocycles. The van der Waals surface area contributed by atoms with Crippen molar-refractivity contribution in [2.24, 2.45) is 0 Å². The van der Waals surface area contributed by atoms with Crippen molar-refractivity contribution in [1.82, 2.24) is 20.3 Å². The van der Waals surface area contributed by atoms with Crippen molar-refractivity contribution in [2.45, 2.75) is 52.7 Å². The molecule has 2 amide bonds. The Labute approximate surface area is 228 Å². The van der Waals surface area contributed by atoms with Crippen molar-refractivity contribution in [1.29, 1.82) is 0 Å². The number of ether oxygens (including phenoxy) is 2. The van der Waals surface area contributed by atoms with Gasteiger partial charge in [-0.05, 0) is 76.6 Å². The maximum absolute atomic E-state index is 14.2. The lowest BCUT2D eigenvalue weighted by Crippen LogP contribution is -2.50. The third-order valence-corrected chi connectivity index (χ3v) is 5.91. The maximum Gasteiger partial charge on any atom is 0.249 e. The molecule has 4 aromatic rings. The highest BCUT2D eigenvalue weighted by molar-refractivity contribution is 6.02. The van der Waals surface area contributed by atoms with Crippen molar-refractivity contribution in [3.63, 3.8) is 0 Å². The predicted molar refractivity (Wildman–Crippen MR) is 151 cm³/mol. The Bertz CT molecular complexity index is 1430. The van der Waals surface area contributed by atoms with Crippen LogP contribution in [0.1, 0.15) is 46.2 Å². The second kappa shape index (κ2) is 12.0. The fourth-order valence-corrected chi connectivity index (χ4v) is 4.36. The van der Waals surface area contributed by atoms with Gasteiger partial charge in [-0.25, -0.2) is 4.68 Å². The minimum absolute atomic E-state index is 0.128. The summed E-state index contributed by atoms with van der Waals surface area (Å²) in [5.41, 5.74) is 1.98. The first-order chi connectivity index (χ1) is 18.7. The van der Waals surface area contributed by atoms with Gasteiger partial charge in [-0.3, -0.25) is 14.5 Å². The molecule has 0 bridgehead atoms. The molecule has 0 aliphatic heterocycles. The summed E-state index contributed by atoms with van der Waals surface area (Å²) >= 11 is 0. The molecule has 4 rings (SSSR count). The minimum Gasteiger partial charge on any atom is -0.494 e. The molecule has 204 valence electrons. The molecule has 39 heavy (non-hydrogen) atoms. The number of nitrogens with one attached hydrogen (secondary N) is 1. The Kier molecular flexibility index (Phi) is 8.49. The van der Waals surface area contributed by atoms with E-state index < -0.39 is 11.6 Å². The monoisotopic (exact) mass is 529 g/mol. The van der Waals surface area contributed by atoms with Crippen molar-refractivity contribution in [2.75, 3.05) is 18.1 Å². The first-order valence-electron chi connectivity index (χ1n) is 13.1. The molecular formula is C30H35N5O4. The molecule has 0 unspecified atom stereocenters. The molecule has 1 atom stereocenters. The zero-order valence-electron chi connectivity index (χ0n) is 23.0. The molecule has 0 radical (unpaired) electrons. The van der Waals surface area contributed by atoms with Crippen molar-refractivity contribution in [3.05, 3.63) is 78.4 Å². The van der Waals surface area contributed by atoms with Crippen LogP contribution in [0.3, 0.4) is 0 Å². The summed E-state index contributed by atoms with van der Waals surface area (Å²) in [5, 5.41) is 11.5. The maximum atomic E-state index is 14.2. The standard InChI is InChI=1S/C30H35N5O4/c1-6-38-22-18-16-21(17-19-22)28(29(37)31-30(3,4)5)35(25-14-10-11-15-26(25)39-7-2)27(36)20-34-24-13-9-8-12-23(24)32-33-34/h8-19,28H,6-7,20H2,1-5H3,(H,31,37)/t28-/m0/s1. The minimum atomic E-state index is -0.996. The number of para-hydroxylation sites is 3. The van der Waals surface area contributed by atoms with Crippen LogP contribution < -0.4 is 19.7 Å². The van der Waals surface area contributed by atoms with Crippen LogP contribution in [0.15, 0.2) is 72.8 Å². The lowest BCUT2D eigenvalue weighted by atomic mass is 10.0. The lowest BCUT2D eigenvalue weighted by Gasteiger charge is -2.34. The SMILES string of the molecule is CCOc1ccc([C@@H](C(=O)NC(C)(C)C)N(C(=O)Cn2nnc3ccccc32)c2ccccc2OCC)cc1. The van der Waals surface area contributed by atoms with E-state index in [4.69, 9.17) is 9.47 Å². The van der Waals surface area contributed by atoms with Gasteiger partial charge in [0.05, 0.1) is 24.4 Å². The van der Waals surface area contributed by atoms with E-state index in [0.29, 0.717) is 41.5 Å². The number of hydrogen-bond donors (Lipinski definition) is 1. The highest BCUT2D eigenvalue weighted by Gasteiger charge is 2.36. The highest BCUT2D eigenvalue weighted by Crippen LogP contribution is 2.36. The number of aromatic nitrogens is 3. The Morgan fingerprint density at radius 2 is 1.59 bits per heavy atom. The number of benzene rings is 3. The van der Waals surface area contributed by atoms with E-state index in [1.807, 2.05) is 83.1 Å². The molecule has 0 saturated heterocycles. The van der Waals surface area contributed by atoms with Gasteiger partial charge in [0.15, 0.2) is 0 Å². The van der Waals surface area contributed by atoms with E-state index in [2.05, 4.69) is 15.6 Å². The van der Waals surface area contributed by atoms with Gasteiger partial charge in [0, 0.05) is 5.54 Å². The van der Waals surface area contributed by atoms with Crippen LogP contribution in [0, 0.1) is 0 Å². The van der Waals surface area contributed by atoms with Crippen LogP contribution in [-0.2, 0) is 16.1 Å². The number of fused-ring (bicyclic) bond motifs is 1. The van der Waals surface area contributed by atoms with Gasteiger partial charge in [0.1, 0.15) is 29.6 Å². The smallest absolute Gasteiger partial charge is 0.249 e. The quantitative estimate of drug-likeness (QED) is 0.313. The molecule has 1 aromatic heterocycles. The van der Waals surface area contributed by atoms with E-state index in [1.165, 1.54) is 4.90 Å². The molecule has 9 nitrogen and oxygen atoms in total. The second-order valence-electron chi connectivity index (χ2n) is 10.0. The number of rotatable bonds is 10. The number of nitrogens with zero attached hydrogens (tertiary/aromatic N) is 4. The molecular weight excluding hydrogens is 494 g/mol. The zero-order valence-corrected chi connectivity index (χ0v) is 23.0. The Balaban J connectivity index is 1.85. The van der Waals surface area contributed by atoms with Gasteiger partial charge in [-0.15, -0.1) is 5.10 Å². The number of hydrogen-bond acceptors (Lipinski definition) is 6. The highest BCUT2D eigenvalue weighted by atomic mass is 16.5. The summed E-state index contributed by atoms with van der Waals surface area (Å²) in [5.74, 6) is 0.504. The summed E-state index contributed by atoms with van der Waals surface area (Å²) in [6.45, 7) is 10.3. The fourth-order valence-electron chi connectivity index (χ4n) is 4.36. The van der Waals surface area contributed by atoms with Crippen LogP contribution in [0.4, 0.5) is 5.69 Å². The third kappa shape index (κ3) is 6.54. The number of anilines is 1. The summed E-state index contributed by atoms with van der Waals surface area (Å²) < 4.78 is 13.1. The molecule has 0 fully saturated rings.